The summed E-state index contributed by atoms with van der Waals surface area (Å²) in [4.78, 5) is 29.7. The third kappa shape index (κ3) is 3.89. The van der Waals surface area contributed by atoms with Crippen molar-refractivity contribution in [3.8, 4) is 11.3 Å². The van der Waals surface area contributed by atoms with Crippen LogP contribution in [0.4, 0.5) is 15.1 Å². The highest BCUT2D eigenvalue weighted by molar-refractivity contribution is 6.33. The van der Waals surface area contributed by atoms with Gasteiger partial charge in [-0.15, -0.1) is 0 Å². The van der Waals surface area contributed by atoms with E-state index in [1.165, 1.54) is 12.3 Å². The van der Waals surface area contributed by atoms with Crippen molar-refractivity contribution < 1.29 is 13.9 Å². The molecule has 0 saturated carbocycles. The Morgan fingerprint density at radius 3 is 2.94 bits per heavy atom. The molecule has 1 saturated heterocycles. The number of aromatic amines is 1. The summed E-state index contributed by atoms with van der Waals surface area (Å²) in [5, 5.41) is 0.287. The number of nitrogens with two attached hydrogens (primary N) is 1. The minimum Gasteiger partial charge on any atom is -0.450 e. The summed E-state index contributed by atoms with van der Waals surface area (Å²) in [6.45, 7) is 7.16. The molecule has 1 fully saturated rings. The SMILES string of the molecule is CCOC(=O)N1CCC(c2nc3c(F)cc(-c4nc(N)ncc4Cl)c(C(C)C)c3[nH]2)C1. The Bertz CT molecular complexity index is 1150. The fraction of sp³-hybridized carbons (Fsp3) is 0.429. The maximum atomic E-state index is 15.1. The highest BCUT2D eigenvalue weighted by Crippen LogP contribution is 2.39. The minimum absolute atomic E-state index is 0.0262. The third-order valence-electron chi connectivity index (χ3n) is 5.48. The number of benzene rings is 1. The molecule has 4 rings (SSSR count). The van der Waals surface area contributed by atoms with Crippen LogP contribution in [0.2, 0.25) is 5.02 Å². The molecule has 1 unspecified atom stereocenters. The molecule has 3 aromatic rings. The molecule has 1 aliphatic rings. The summed E-state index contributed by atoms with van der Waals surface area (Å²) in [5.74, 6) is 0.222. The van der Waals surface area contributed by atoms with E-state index in [2.05, 4.69) is 19.9 Å². The van der Waals surface area contributed by atoms with Crippen molar-refractivity contribution in [2.24, 2.45) is 0 Å². The Hall–Kier alpha value is -2.94. The van der Waals surface area contributed by atoms with E-state index in [0.29, 0.717) is 42.3 Å². The lowest BCUT2D eigenvalue weighted by Gasteiger charge is -2.15. The smallest absolute Gasteiger partial charge is 0.409 e. The lowest BCUT2D eigenvalue weighted by atomic mass is 9.93. The zero-order valence-electron chi connectivity index (χ0n) is 17.6. The van der Waals surface area contributed by atoms with Gasteiger partial charge in [-0.3, -0.25) is 0 Å². The lowest BCUT2D eigenvalue weighted by molar-refractivity contribution is 0.115. The molecule has 0 aliphatic carbocycles. The van der Waals surface area contributed by atoms with Crippen molar-refractivity contribution in [2.75, 3.05) is 25.4 Å². The van der Waals surface area contributed by atoms with Crippen LogP contribution in [0.25, 0.3) is 22.3 Å². The molecular weight excluding hydrogens is 423 g/mol. The van der Waals surface area contributed by atoms with Gasteiger partial charge in [-0.2, -0.15) is 0 Å². The van der Waals surface area contributed by atoms with Crippen LogP contribution in [0.3, 0.4) is 0 Å². The first kappa shape index (κ1) is 21.3. The van der Waals surface area contributed by atoms with Crippen molar-refractivity contribution in [2.45, 2.75) is 39.0 Å². The number of imidazole rings is 1. The summed E-state index contributed by atoms with van der Waals surface area (Å²) < 4.78 is 20.2. The van der Waals surface area contributed by atoms with Crippen molar-refractivity contribution in [3.05, 3.63) is 34.5 Å². The van der Waals surface area contributed by atoms with Crippen LogP contribution in [0.15, 0.2) is 12.3 Å². The fourth-order valence-corrected chi connectivity index (χ4v) is 4.28. The zero-order chi connectivity index (χ0) is 22.3. The molecule has 1 amide bonds. The van der Waals surface area contributed by atoms with Crippen molar-refractivity contribution in [1.29, 1.82) is 0 Å². The van der Waals surface area contributed by atoms with Crippen molar-refractivity contribution >= 4 is 34.7 Å². The average molecular weight is 447 g/mol. The fourth-order valence-electron chi connectivity index (χ4n) is 4.09. The molecule has 1 aliphatic heterocycles. The van der Waals surface area contributed by atoms with Gasteiger partial charge in [0.15, 0.2) is 5.82 Å². The molecule has 164 valence electrons. The second-order valence-electron chi connectivity index (χ2n) is 7.88. The van der Waals surface area contributed by atoms with Gasteiger partial charge in [0.2, 0.25) is 5.95 Å². The molecule has 3 heterocycles. The number of aromatic nitrogens is 4. The molecule has 1 atom stereocenters. The molecule has 8 nitrogen and oxygen atoms in total. The van der Waals surface area contributed by atoms with Gasteiger partial charge in [-0.05, 0) is 30.9 Å². The highest BCUT2D eigenvalue weighted by Gasteiger charge is 2.31. The van der Waals surface area contributed by atoms with Gasteiger partial charge in [0.25, 0.3) is 0 Å². The van der Waals surface area contributed by atoms with Crippen LogP contribution in [-0.2, 0) is 4.74 Å². The Morgan fingerprint density at radius 1 is 1.45 bits per heavy atom. The minimum atomic E-state index is -0.481. The predicted octanol–water partition coefficient (Wildman–Crippen LogP) is 4.46. The number of fused-ring (bicyclic) bond motifs is 1. The van der Waals surface area contributed by atoms with Crippen LogP contribution in [0.5, 0.6) is 0 Å². The Kier molecular flexibility index (Phi) is 5.70. The highest BCUT2D eigenvalue weighted by atomic mass is 35.5. The number of rotatable bonds is 4. The van der Waals surface area contributed by atoms with Gasteiger partial charge in [0, 0.05) is 24.6 Å². The maximum Gasteiger partial charge on any atom is 0.409 e. The number of anilines is 1. The van der Waals surface area contributed by atoms with Gasteiger partial charge in [-0.25, -0.2) is 24.1 Å². The number of nitrogens with one attached hydrogen (secondary N) is 1. The van der Waals surface area contributed by atoms with Crippen molar-refractivity contribution in [1.82, 2.24) is 24.8 Å². The van der Waals surface area contributed by atoms with Crippen LogP contribution < -0.4 is 5.73 Å². The summed E-state index contributed by atoms with van der Waals surface area (Å²) >= 11 is 6.31. The third-order valence-corrected chi connectivity index (χ3v) is 5.75. The Morgan fingerprint density at radius 2 is 2.23 bits per heavy atom. The van der Waals surface area contributed by atoms with Gasteiger partial charge < -0.3 is 20.4 Å². The first-order valence-corrected chi connectivity index (χ1v) is 10.6. The Labute approximate surface area is 184 Å². The van der Waals surface area contributed by atoms with E-state index in [9.17, 15) is 4.79 Å². The first-order chi connectivity index (χ1) is 14.8. The summed E-state index contributed by atoms with van der Waals surface area (Å²) in [5.41, 5.74) is 8.38. The lowest BCUT2D eigenvalue weighted by Crippen LogP contribution is -2.29. The molecule has 0 radical (unpaired) electrons. The zero-order valence-corrected chi connectivity index (χ0v) is 18.3. The van der Waals surface area contributed by atoms with Gasteiger partial charge in [0.1, 0.15) is 11.3 Å². The predicted molar refractivity (Wildman–Crippen MR) is 117 cm³/mol. The van der Waals surface area contributed by atoms with Gasteiger partial charge >= 0.3 is 6.09 Å². The molecular formula is C21H24ClFN6O2. The number of amides is 1. The number of hydrogen-bond donors (Lipinski definition) is 2. The van der Waals surface area contributed by atoms with E-state index in [-0.39, 0.29) is 34.4 Å². The van der Waals surface area contributed by atoms with Crippen LogP contribution >= 0.6 is 11.6 Å². The number of H-pyrrole nitrogens is 1. The molecule has 1 aromatic carbocycles. The van der Waals surface area contributed by atoms with Crippen LogP contribution in [0.1, 0.15) is 50.4 Å². The quantitative estimate of drug-likeness (QED) is 0.612. The van der Waals surface area contributed by atoms with Crippen LogP contribution in [0, 0.1) is 5.82 Å². The number of carbonyl (C=O) groups is 1. The van der Waals surface area contributed by atoms with E-state index in [1.54, 1.807) is 11.8 Å². The topological polar surface area (TPSA) is 110 Å². The maximum absolute atomic E-state index is 15.1. The monoisotopic (exact) mass is 446 g/mol. The Balaban J connectivity index is 1.80. The van der Waals surface area contributed by atoms with Gasteiger partial charge in [-0.1, -0.05) is 25.4 Å². The molecule has 3 N–H and O–H groups in total. The van der Waals surface area contributed by atoms with E-state index in [0.717, 1.165) is 12.0 Å². The number of carbonyl (C=O) groups excluding carboxylic acids is 1. The molecule has 10 heteroatoms. The van der Waals surface area contributed by atoms with E-state index < -0.39 is 5.82 Å². The standard InChI is InChI=1S/C21H24ClFN6O2/c1-4-31-21(30)29-6-5-11(9-29)19-26-17-14(23)7-12(15(10(2)3)18(17)27-19)16-13(22)8-25-20(24)28-16/h7-8,10-11H,4-6,9H2,1-3H3,(H,26,27)(H2,24,25,28). The summed E-state index contributed by atoms with van der Waals surface area (Å²) in [6.07, 6.45) is 1.79. The summed E-state index contributed by atoms with van der Waals surface area (Å²) in [7, 11) is 0. The first-order valence-electron chi connectivity index (χ1n) is 10.2. The molecule has 0 bridgehead atoms. The molecule has 0 spiro atoms. The molecule has 2 aromatic heterocycles. The number of halogens is 2. The second-order valence-corrected chi connectivity index (χ2v) is 8.28. The second kappa shape index (κ2) is 8.30. The summed E-state index contributed by atoms with van der Waals surface area (Å²) in [6, 6.07) is 1.40. The largest absolute Gasteiger partial charge is 0.450 e. The number of hydrogen-bond acceptors (Lipinski definition) is 6. The van der Waals surface area contributed by atoms with Gasteiger partial charge in [0.05, 0.1) is 29.0 Å². The number of ether oxygens (including phenoxy) is 1. The number of nitrogen functional groups attached to an aromatic ring is 1. The van der Waals surface area contributed by atoms with E-state index in [4.69, 9.17) is 22.1 Å². The molecule has 31 heavy (non-hydrogen) atoms. The van der Waals surface area contributed by atoms with E-state index >= 15 is 4.39 Å². The number of nitrogens with zero attached hydrogens (tertiary/aromatic N) is 4. The average Bonchev–Trinajstić information content (AvgIpc) is 3.37. The van der Waals surface area contributed by atoms with Crippen molar-refractivity contribution in [3.63, 3.8) is 0 Å². The van der Waals surface area contributed by atoms with E-state index in [1.807, 2.05) is 13.8 Å². The van der Waals surface area contributed by atoms with Crippen LogP contribution in [-0.4, -0.2) is 50.6 Å². The number of likely N-dealkylation sites (tertiary alicyclic amines) is 1. The normalized spacial score (nSPS) is 16.5.